The lowest BCUT2D eigenvalue weighted by Crippen LogP contribution is -2.02. The van der Waals surface area contributed by atoms with Gasteiger partial charge in [-0.3, -0.25) is 9.67 Å². The largest absolute Gasteiger partial charge is 0.497 e. The highest BCUT2D eigenvalue weighted by atomic mass is 16.5. The van der Waals surface area contributed by atoms with E-state index in [9.17, 15) is 0 Å². The Kier molecular flexibility index (Phi) is 3.27. The summed E-state index contributed by atoms with van der Waals surface area (Å²) in [6.07, 6.45) is 3.71. The average molecular weight is 232 g/mol. The molecule has 0 saturated carbocycles. The van der Waals surface area contributed by atoms with E-state index in [1.165, 1.54) is 0 Å². The average Bonchev–Trinajstić information content (AvgIpc) is 2.72. The highest BCUT2D eigenvalue weighted by Gasteiger charge is 2.01. The second-order valence-electron chi connectivity index (χ2n) is 3.90. The van der Waals surface area contributed by atoms with Gasteiger partial charge in [-0.05, 0) is 6.92 Å². The van der Waals surface area contributed by atoms with E-state index in [2.05, 4.69) is 15.4 Å². The summed E-state index contributed by atoms with van der Waals surface area (Å²) in [7, 11) is 3.55. The Labute approximate surface area is 100 Å². The summed E-state index contributed by atoms with van der Waals surface area (Å²) in [4.78, 5) is 4.43. The fourth-order valence-corrected chi connectivity index (χ4v) is 1.62. The molecule has 0 aromatic carbocycles. The van der Waals surface area contributed by atoms with Crippen molar-refractivity contribution in [2.75, 3.05) is 12.4 Å². The van der Waals surface area contributed by atoms with Crippen LogP contribution in [0.4, 0.5) is 5.69 Å². The minimum Gasteiger partial charge on any atom is -0.497 e. The van der Waals surface area contributed by atoms with Crippen molar-refractivity contribution in [3.8, 4) is 5.75 Å². The molecule has 0 aliphatic heterocycles. The van der Waals surface area contributed by atoms with Crippen LogP contribution in [-0.4, -0.2) is 21.9 Å². The van der Waals surface area contributed by atoms with E-state index in [1.54, 1.807) is 18.0 Å². The Balaban J connectivity index is 2.05. The van der Waals surface area contributed by atoms with E-state index in [0.29, 0.717) is 6.54 Å². The molecule has 5 nitrogen and oxygen atoms in total. The standard InChI is InChI=1S/C12H16N4O/c1-9-4-12(17-3)5-10(15-9)6-13-11-7-14-16(2)8-11/h4-5,7-8,13H,6H2,1-3H3. The molecule has 0 bridgehead atoms. The number of rotatable bonds is 4. The molecule has 5 heteroatoms. The van der Waals surface area contributed by atoms with E-state index >= 15 is 0 Å². The molecule has 2 heterocycles. The number of aromatic nitrogens is 3. The summed E-state index contributed by atoms with van der Waals surface area (Å²) in [6, 6.07) is 3.84. The number of ether oxygens (including phenoxy) is 1. The maximum Gasteiger partial charge on any atom is 0.122 e. The van der Waals surface area contributed by atoms with Crippen LogP contribution < -0.4 is 10.1 Å². The van der Waals surface area contributed by atoms with E-state index in [4.69, 9.17) is 4.74 Å². The topological polar surface area (TPSA) is 52.0 Å². The monoisotopic (exact) mass is 232 g/mol. The summed E-state index contributed by atoms with van der Waals surface area (Å²) >= 11 is 0. The van der Waals surface area contributed by atoms with Gasteiger partial charge in [-0.25, -0.2) is 0 Å². The van der Waals surface area contributed by atoms with Crippen LogP contribution in [0.25, 0.3) is 0 Å². The summed E-state index contributed by atoms with van der Waals surface area (Å²) in [5.74, 6) is 0.834. The van der Waals surface area contributed by atoms with E-state index < -0.39 is 0 Å². The molecule has 90 valence electrons. The van der Waals surface area contributed by atoms with E-state index in [0.717, 1.165) is 22.8 Å². The first kappa shape index (κ1) is 11.4. The smallest absolute Gasteiger partial charge is 0.122 e. The molecule has 0 fully saturated rings. The van der Waals surface area contributed by atoms with Gasteiger partial charge in [0.1, 0.15) is 5.75 Å². The molecule has 0 amide bonds. The molecule has 2 aromatic rings. The van der Waals surface area contributed by atoms with Gasteiger partial charge in [0.15, 0.2) is 0 Å². The van der Waals surface area contributed by atoms with Crippen molar-refractivity contribution >= 4 is 5.69 Å². The van der Waals surface area contributed by atoms with Crippen LogP contribution in [0.15, 0.2) is 24.5 Å². The third-order valence-electron chi connectivity index (χ3n) is 2.39. The van der Waals surface area contributed by atoms with Crippen molar-refractivity contribution in [2.45, 2.75) is 13.5 Å². The molecular weight excluding hydrogens is 216 g/mol. The quantitative estimate of drug-likeness (QED) is 0.872. The van der Waals surface area contributed by atoms with Gasteiger partial charge in [0.2, 0.25) is 0 Å². The van der Waals surface area contributed by atoms with Crippen molar-refractivity contribution < 1.29 is 4.74 Å². The molecule has 0 radical (unpaired) electrons. The number of hydrogen-bond donors (Lipinski definition) is 1. The zero-order valence-electron chi connectivity index (χ0n) is 10.3. The van der Waals surface area contributed by atoms with Gasteiger partial charge in [0.25, 0.3) is 0 Å². The third kappa shape index (κ3) is 2.96. The summed E-state index contributed by atoms with van der Waals surface area (Å²) in [5.41, 5.74) is 2.88. The second kappa shape index (κ2) is 4.86. The molecule has 0 unspecified atom stereocenters. The number of nitrogens with one attached hydrogen (secondary N) is 1. The normalized spacial score (nSPS) is 10.3. The van der Waals surface area contributed by atoms with Crippen LogP contribution in [0.3, 0.4) is 0 Å². The van der Waals surface area contributed by atoms with Crippen LogP contribution in [0.1, 0.15) is 11.4 Å². The van der Waals surface area contributed by atoms with Crippen LogP contribution >= 0.6 is 0 Å². The molecule has 2 aromatic heterocycles. The predicted octanol–water partition coefficient (Wildman–Crippen LogP) is 1.74. The highest BCUT2D eigenvalue weighted by molar-refractivity contribution is 5.39. The molecule has 2 rings (SSSR count). The summed E-state index contributed by atoms with van der Waals surface area (Å²) < 4.78 is 6.96. The molecule has 1 N–H and O–H groups in total. The number of hydrogen-bond acceptors (Lipinski definition) is 4. The van der Waals surface area contributed by atoms with Crippen LogP contribution in [0, 0.1) is 6.92 Å². The van der Waals surface area contributed by atoms with Crippen molar-refractivity contribution in [3.63, 3.8) is 0 Å². The zero-order chi connectivity index (χ0) is 12.3. The maximum atomic E-state index is 5.21. The number of methoxy groups -OCH3 is 1. The number of anilines is 1. The first-order chi connectivity index (χ1) is 8.17. The Morgan fingerprint density at radius 2 is 2.24 bits per heavy atom. The second-order valence-corrected chi connectivity index (χ2v) is 3.90. The SMILES string of the molecule is COc1cc(C)nc(CNc2cnn(C)c2)c1. The highest BCUT2D eigenvalue weighted by Crippen LogP contribution is 2.14. The van der Waals surface area contributed by atoms with Crippen molar-refractivity contribution in [3.05, 3.63) is 35.9 Å². The maximum absolute atomic E-state index is 5.21. The van der Waals surface area contributed by atoms with Gasteiger partial charge in [-0.15, -0.1) is 0 Å². The number of pyridine rings is 1. The van der Waals surface area contributed by atoms with Gasteiger partial charge >= 0.3 is 0 Å². The van der Waals surface area contributed by atoms with E-state index in [1.807, 2.05) is 32.3 Å². The molecule has 0 saturated heterocycles. The summed E-state index contributed by atoms with van der Waals surface area (Å²) in [6.45, 7) is 2.61. The molecule has 0 spiro atoms. The Morgan fingerprint density at radius 1 is 1.41 bits per heavy atom. The first-order valence-electron chi connectivity index (χ1n) is 5.41. The predicted molar refractivity (Wildman–Crippen MR) is 66.1 cm³/mol. The Bertz CT molecular complexity index is 507. The zero-order valence-corrected chi connectivity index (χ0v) is 10.3. The van der Waals surface area contributed by atoms with Gasteiger partial charge in [0, 0.05) is 31.1 Å². The lowest BCUT2D eigenvalue weighted by atomic mass is 10.3. The van der Waals surface area contributed by atoms with Crippen LogP contribution in [-0.2, 0) is 13.6 Å². The molecule has 0 atom stereocenters. The molecular formula is C12H16N4O. The third-order valence-corrected chi connectivity index (χ3v) is 2.39. The molecule has 17 heavy (non-hydrogen) atoms. The van der Waals surface area contributed by atoms with Crippen molar-refractivity contribution in [1.29, 1.82) is 0 Å². The fourth-order valence-electron chi connectivity index (χ4n) is 1.62. The van der Waals surface area contributed by atoms with E-state index in [-0.39, 0.29) is 0 Å². The minimum atomic E-state index is 0.656. The lowest BCUT2D eigenvalue weighted by molar-refractivity contribution is 0.413. The van der Waals surface area contributed by atoms with Crippen molar-refractivity contribution in [1.82, 2.24) is 14.8 Å². The number of aryl methyl sites for hydroxylation is 2. The van der Waals surface area contributed by atoms with Gasteiger partial charge in [0.05, 0.1) is 31.2 Å². The Morgan fingerprint density at radius 3 is 2.88 bits per heavy atom. The lowest BCUT2D eigenvalue weighted by Gasteiger charge is -2.06. The molecule has 0 aliphatic rings. The Hall–Kier alpha value is -2.04. The molecule has 0 aliphatic carbocycles. The fraction of sp³-hybridized carbons (Fsp3) is 0.333. The first-order valence-corrected chi connectivity index (χ1v) is 5.41. The van der Waals surface area contributed by atoms with Crippen molar-refractivity contribution in [2.24, 2.45) is 7.05 Å². The van der Waals surface area contributed by atoms with Gasteiger partial charge in [-0.1, -0.05) is 0 Å². The van der Waals surface area contributed by atoms with Gasteiger partial charge in [-0.2, -0.15) is 5.10 Å². The number of nitrogens with zero attached hydrogens (tertiary/aromatic N) is 3. The summed E-state index contributed by atoms with van der Waals surface area (Å²) in [5, 5.41) is 7.35. The van der Waals surface area contributed by atoms with Crippen LogP contribution in [0.5, 0.6) is 5.75 Å². The van der Waals surface area contributed by atoms with Crippen LogP contribution in [0.2, 0.25) is 0 Å². The minimum absolute atomic E-state index is 0.656. The van der Waals surface area contributed by atoms with Gasteiger partial charge < -0.3 is 10.1 Å².